The first-order chi connectivity index (χ1) is 9.75. The van der Waals surface area contributed by atoms with Crippen molar-refractivity contribution in [2.24, 2.45) is 0 Å². The number of carbonyl (C=O) groups is 1. The second-order valence-electron chi connectivity index (χ2n) is 5.05. The fraction of sp³-hybridized carbons (Fsp3) is 0.438. The van der Waals surface area contributed by atoms with Crippen molar-refractivity contribution < 1.29 is 9.18 Å². The standard InChI is InChI=1S/C16H21FN2O/c17-15-7-3-2-6-14(15)8-9-16(20)18-10-13-19-11-4-1-5-12-19/h2-3,6-9H,1,4-5,10-13H2,(H,18,20)/b9-8+. The minimum Gasteiger partial charge on any atom is -0.351 e. The summed E-state index contributed by atoms with van der Waals surface area (Å²) in [5.74, 6) is -0.491. The van der Waals surface area contributed by atoms with Crippen LogP contribution in [0.3, 0.4) is 0 Å². The Morgan fingerprint density at radius 2 is 2.00 bits per heavy atom. The van der Waals surface area contributed by atoms with Gasteiger partial charge in [0.1, 0.15) is 5.82 Å². The van der Waals surface area contributed by atoms with Crippen LogP contribution in [-0.4, -0.2) is 37.0 Å². The Labute approximate surface area is 119 Å². The van der Waals surface area contributed by atoms with E-state index in [1.807, 2.05) is 0 Å². The summed E-state index contributed by atoms with van der Waals surface area (Å²) in [7, 11) is 0. The Bertz CT molecular complexity index is 467. The van der Waals surface area contributed by atoms with Crippen LogP contribution in [0.1, 0.15) is 24.8 Å². The molecular weight excluding hydrogens is 255 g/mol. The second kappa shape index (κ2) is 7.80. The lowest BCUT2D eigenvalue weighted by molar-refractivity contribution is -0.116. The van der Waals surface area contributed by atoms with Gasteiger partial charge in [0, 0.05) is 24.7 Å². The largest absolute Gasteiger partial charge is 0.351 e. The number of likely N-dealkylation sites (tertiary alicyclic amines) is 1. The van der Waals surface area contributed by atoms with E-state index in [1.165, 1.54) is 37.5 Å². The van der Waals surface area contributed by atoms with Crippen molar-refractivity contribution in [1.29, 1.82) is 0 Å². The van der Waals surface area contributed by atoms with Crippen LogP contribution in [0.2, 0.25) is 0 Å². The van der Waals surface area contributed by atoms with Gasteiger partial charge in [-0.05, 0) is 38.1 Å². The van der Waals surface area contributed by atoms with Crippen LogP contribution in [0, 0.1) is 5.82 Å². The number of piperidine rings is 1. The first kappa shape index (κ1) is 14.7. The maximum Gasteiger partial charge on any atom is 0.244 e. The van der Waals surface area contributed by atoms with Crippen molar-refractivity contribution in [2.75, 3.05) is 26.2 Å². The van der Waals surface area contributed by atoms with Gasteiger partial charge >= 0.3 is 0 Å². The number of nitrogens with one attached hydrogen (secondary N) is 1. The lowest BCUT2D eigenvalue weighted by atomic mass is 10.1. The Hall–Kier alpha value is -1.68. The fourth-order valence-corrected chi connectivity index (χ4v) is 2.35. The monoisotopic (exact) mass is 276 g/mol. The highest BCUT2D eigenvalue weighted by atomic mass is 19.1. The molecule has 1 N–H and O–H groups in total. The summed E-state index contributed by atoms with van der Waals surface area (Å²) in [4.78, 5) is 14.0. The Morgan fingerprint density at radius 3 is 2.75 bits per heavy atom. The van der Waals surface area contributed by atoms with Gasteiger partial charge in [0.2, 0.25) is 5.91 Å². The van der Waals surface area contributed by atoms with Gasteiger partial charge in [-0.3, -0.25) is 4.79 Å². The van der Waals surface area contributed by atoms with Gasteiger partial charge in [0.05, 0.1) is 0 Å². The lowest BCUT2D eigenvalue weighted by Gasteiger charge is -2.26. The van der Waals surface area contributed by atoms with Crippen molar-refractivity contribution >= 4 is 12.0 Å². The van der Waals surface area contributed by atoms with E-state index in [1.54, 1.807) is 18.2 Å². The van der Waals surface area contributed by atoms with E-state index in [9.17, 15) is 9.18 Å². The van der Waals surface area contributed by atoms with Crippen molar-refractivity contribution in [1.82, 2.24) is 10.2 Å². The summed E-state index contributed by atoms with van der Waals surface area (Å²) in [5.41, 5.74) is 0.429. The van der Waals surface area contributed by atoms with Crippen LogP contribution in [-0.2, 0) is 4.79 Å². The molecule has 1 saturated heterocycles. The van der Waals surface area contributed by atoms with Crippen molar-refractivity contribution in [3.63, 3.8) is 0 Å². The van der Waals surface area contributed by atoms with Crippen LogP contribution in [0.15, 0.2) is 30.3 Å². The molecule has 0 aromatic heterocycles. The quantitative estimate of drug-likeness (QED) is 0.838. The van der Waals surface area contributed by atoms with E-state index in [0.717, 1.165) is 19.6 Å². The Kier molecular flexibility index (Phi) is 5.74. The number of halogens is 1. The predicted octanol–water partition coefficient (Wildman–Crippen LogP) is 2.44. The first-order valence-corrected chi connectivity index (χ1v) is 7.18. The zero-order chi connectivity index (χ0) is 14.2. The smallest absolute Gasteiger partial charge is 0.244 e. The number of rotatable bonds is 5. The molecule has 4 heteroatoms. The van der Waals surface area contributed by atoms with E-state index in [2.05, 4.69) is 10.2 Å². The summed E-state index contributed by atoms with van der Waals surface area (Å²) in [6, 6.07) is 6.41. The molecule has 1 fully saturated rings. The van der Waals surface area contributed by atoms with Crippen molar-refractivity contribution in [3.8, 4) is 0 Å². The van der Waals surface area contributed by atoms with Gasteiger partial charge in [0.15, 0.2) is 0 Å². The third kappa shape index (κ3) is 4.78. The number of hydrogen-bond donors (Lipinski definition) is 1. The van der Waals surface area contributed by atoms with Crippen molar-refractivity contribution in [3.05, 3.63) is 41.7 Å². The Balaban J connectivity index is 1.71. The molecule has 20 heavy (non-hydrogen) atoms. The molecule has 0 radical (unpaired) electrons. The Morgan fingerprint density at radius 1 is 1.25 bits per heavy atom. The van der Waals surface area contributed by atoms with Crippen LogP contribution in [0.4, 0.5) is 4.39 Å². The third-order valence-electron chi connectivity index (χ3n) is 3.50. The number of carbonyl (C=O) groups excluding carboxylic acids is 1. The number of nitrogens with zero attached hydrogens (tertiary/aromatic N) is 1. The lowest BCUT2D eigenvalue weighted by Crippen LogP contribution is -2.37. The zero-order valence-corrected chi connectivity index (χ0v) is 11.6. The van der Waals surface area contributed by atoms with Crippen LogP contribution >= 0.6 is 0 Å². The van der Waals surface area contributed by atoms with E-state index in [4.69, 9.17) is 0 Å². The molecule has 1 aromatic carbocycles. The molecule has 108 valence electrons. The molecule has 0 spiro atoms. The average Bonchev–Trinajstić information content (AvgIpc) is 2.47. The van der Waals surface area contributed by atoms with Crippen molar-refractivity contribution in [2.45, 2.75) is 19.3 Å². The van der Waals surface area contributed by atoms with E-state index in [0.29, 0.717) is 12.1 Å². The zero-order valence-electron chi connectivity index (χ0n) is 11.6. The maximum atomic E-state index is 13.3. The van der Waals surface area contributed by atoms with Gasteiger partial charge in [-0.1, -0.05) is 24.6 Å². The molecule has 2 rings (SSSR count). The number of amides is 1. The van der Waals surface area contributed by atoms with Gasteiger partial charge in [-0.25, -0.2) is 4.39 Å². The second-order valence-corrected chi connectivity index (χ2v) is 5.05. The molecule has 1 aliphatic rings. The molecule has 1 amide bonds. The maximum absolute atomic E-state index is 13.3. The van der Waals surface area contributed by atoms with E-state index >= 15 is 0 Å². The molecule has 1 heterocycles. The third-order valence-corrected chi connectivity index (χ3v) is 3.50. The highest BCUT2D eigenvalue weighted by Crippen LogP contribution is 2.08. The van der Waals surface area contributed by atoms with Gasteiger partial charge in [-0.2, -0.15) is 0 Å². The summed E-state index contributed by atoms with van der Waals surface area (Å²) in [6.45, 7) is 3.78. The predicted molar refractivity (Wildman–Crippen MR) is 78.7 cm³/mol. The van der Waals surface area contributed by atoms with Crippen LogP contribution in [0.25, 0.3) is 6.08 Å². The summed E-state index contributed by atoms with van der Waals surface area (Å²) < 4.78 is 13.3. The molecule has 1 aliphatic heterocycles. The molecule has 3 nitrogen and oxygen atoms in total. The normalized spacial score (nSPS) is 16.4. The molecule has 0 saturated carbocycles. The van der Waals surface area contributed by atoms with E-state index < -0.39 is 0 Å². The summed E-state index contributed by atoms with van der Waals surface area (Å²) in [6.07, 6.45) is 6.71. The number of benzene rings is 1. The molecule has 0 atom stereocenters. The molecule has 0 aliphatic carbocycles. The first-order valence-electron chi connectivity index (χ1n) is 7.18. The number of hydrogen-bond acceptors (Lipinski definition) is 2. The van der Waals surface area contributed by atoms with Gasteiger partial charge < -0.3 is 10.2 Å². The summed E-state index contributed by atoms with van der Waals surface area (Å²) in [5, 5.41) is 2.83. The minimum atomic E-state index is -0.315. The summed E-state index contributed by atoms with van der Waals surface area (Å²) >= 11 is 0. The van der Waals surface area contributed by atoms with Gasteiger partial charge in [-0.15, -0.1) is 0 Å². The highest BCUT2D eigenvalue weighted by Gasteiger charge is 2.09. The highest BCUT2D eigenvalue weighted by molar-refractivity contribution is 5.91. The fourth-order valence-electron chi connectivity index (χ4n) is 2.35. The van der Waals surface area contributed by atoms with Gasteiger partial charge in [0.25, 0.3) is 0 Å². The SMILES string of the molecule is O=C(/C=C/c1ccccc1F)NCCN1CCCCC1. The molecular formula is C16H21FN2O. The molecule has 0 bridgehead atoms. The van der Waals surface area contributed by atoms with E-state index in [-0.39, 0.29) is 11.7 Å². The van der Waals surface area contributed by atoms with Crippen LogP contribution < -0.4 is 5.32 Å². The van der Waals surface area contributed by atoms with Crippen LogP contribution in [0.5, 0.6) is 0 Å². The average molecular weight is 276 g/mol. The minimum absolute atomic E-state index is 0.176. The topological polar surface area (TPSA) is 32.3 Å². The molecule has 1 aromatic rings. The molecule has 0 unspecified atom stereocenters.